The van der Waals surface area contributed by atoms with Gasteiger partial charge in [-0.15, -0.1) is 10.2 Å². The van der Waals surface area contributed by atoms with Crippen LogP contribution >= 0.6 is 23.1 Å². The minimum atomic E-state index is -0.418. The van der Waals surface area contributed by atoms with Crippen LogP contribution in [-0.2, 0) is 9.53 Å². The SMILES string of the molecule is CC(C)(C)C(=O)Nc1nnc(SCC[NH+]2CCOCC2)s1. The number of carbonyl (C=O) groups excluding carboxylic acids is 1. The molecule has 0 aromatic carbocycles. The first kappa shape index (κ1) is 16.7. The Hall–Kier alpha value is -0.700. The summed E-state index contributed by atoms with van der Waals surface area (Å²) in [6.07, 6.45) is 0. The third-order valence-corrected chi connectivity index (χ3v) is 5.16. The topological polar surface area (TPSA) is 68.5 Å². The summed E-state index contributed by atoms with van der Waals surface area (Å²) in [6, 6.07) is 0. The molecule has 1 aromatic rings. The second-order valence-electron chi connectivity index (χ2n) is 6.04. The molecule has 2 rings (SSSR count). The third-order valence-electron chi connectivity index (χ3n) is 3.19. The Kier molecular flexibility index (Phi) is 5.98. The van der Waals surface area contributed by atoms with Crippen molar-refractivity contribution in [2.24, 2.45) is 5.41 Å². The van der Waals surface area contributed by atoms with E-state index in [4.69, 9.17) is 4.74 Å². The average molecular weight is 331 g/mol. The number of quaternary nitrogens is 1. The fraction of sp³-hybridized carbons (Fsp3) is 0.769. The largest absolute Gasteiger partial charge is 0.370 e. The van der Waals surface area contributed by atoms with E-state index in [1.165, 1.54) is 11.3 Å². The molecule has 0 atom stereocenters. The number of anilines is 1. The van der Waals surface area contributed by atoms with Crippen LogP contribution in [0.4, 0.5) is 5.13 Å². The van der Waals surface area contributed by atoms with Gasteiger partial charge in [0, 0.05) is 11.2 Å². The molecular weight excluding hydrogens is 308 g/mol. The molecule has 1 aliphatic rings. The van der Waals surface area contributed by atoms with Gasteiger partial charge >= 0.3 is 0 Å². The van der Waals surface area contributed by atoms with Crippen LogP contribution in [-0.4, -0.2) is 54.7 Å². The van der Waals surface area contributed by atoms with Crippen LogP contribution in [0.15, 0.2) is 4.34 Å². The number of rotatable bonds is 5. The third kappa shape index (κ3) is 5.54. The molecule has 1 amide bonds. The van der Waals surface area contributed by atoms with Gasteiger partial charge < -0.3 is 15.0 Å². The van der Waals surface area contributed by atoms with Crippen molar-refractivity contribution in [3.8, 4) is 0 Å². The van der Waals surface area contributed by atoms with E-state index in [0.29, 0.717) is 5.13 Å². The fourth-order valence-electron chi connectivity index (χ4n) is 1.80. The molecule has 2 heterocycles. The first-order valence-corrected chi connectivity index (χ1v) is 8.94. The molecule has 6 nitrogen and oxygen atoms in total. The van der Waals surface area contributed by atoms with Gasteiger partial charge in [0.1, 0.15) is 13.1 Å². The molecule has 0 radical (unpaired) electrons. The van der Waals surface area contributed by atoms with E-state index in [1.54, 1.807) is 16.7 Å². The molecule has 118 valence electrons. The van der Waals surface area contributed by atoms with Crippen LogP contribution in [0.1, 0.15) is 20.8 Å². The van der Waals surface area contributed by atoms with Crippen LogP contribution < -0.4 is 10.2 Å². The Morgan fingerprint density at radius 3 is 2.76 bits per heavy atom. The number of nitrogens with one attached hydrogen (secondary N) is 2. The van der Waals surface area contributed by atoms with Crippen LogP contribution in [0, 0.1) is 5.41 Å². The molecule has 0 unspecified atom stereocenters. The van der Waals surface area contributed by atoms with E-state index in [0.717, 1.165) is 42.9 Å². The lowest BCUT2D eigenvalue weighted by molar-refractivity contribution is -0.905. The summed E-state index contributed by atoms with van der Waals surface area (Å²) >= 11 is 3.14. The highest BCUT2D eigenvalue weighted by Gasteiger charge is 2.22. The molecule has 2 N–H and O–H groups in total. The Morgan fingerprint density at radius 1 is 1.38 bits per heavy atom. The summed E-state index contributed by atoms with van der Waals surface area (Å²) in [6.45, 7) is 10.6. The molecule has 1 saturated heterocycles. The highest BCUT2D eigenvalue weighted by molar-refractivity contribution is 8.01. The van der Waals surface area contributed by atoms with Crippen molar-refractivity contribution in [1.82, 2.24) is 10.2 Å². The number of carbonyl (C=O) groups is 1. The van der Waals surface area contributed by atoms with Gasteiger partial charge in [-0.25, -0.2) is 0 Å². The lowest BCUT2D eigenvalue weighted by Crippen LogP contribution is -3.14. The van der Waals surface area contributed by atoms with Crippen molar-refractivity contribution >= 4 is 34.1 Å². The van der Waals surface area contributed by atoms with E-state index in [-0.39, 0.29) is 5.91 Å². The number of hydrogen-bond acceptors (Lipinski definition) is 6. The van der Waals surface area contributed by atoms with Gasteiger partial charge in [-0.1, -0.05) is 43.9 Å². The summed E-state index contributed by atoms with van der Waals surface area (Å²) in [4.78, 5) is 13.5. The van der Waals surface area contributed by atoms with Crippen molar-refractivity contribution in [3.05, 3.63) is 0 Å². The first-order chi connectivity index (χ1) is 9.95. The van der Waals surface area contributed by atoms with E-state index in [1.807, 2.05) is 20.8 Å². The van der Waals surface area contributed by atoms with Crippen molar-refractivity contribution in [3.63, 3.8) is 0 Å². The molecule has 8 heteroatoms. The van der Waals surface area contributed by atoms with Crippen LogP contribution in [0.25, 0.3) is 0 Å². The lowest BCUT2D eigenvalue weighted by Gasteiger charge is -2.23. The van der Waals surface area contributed by atoms with Gasteiger partial charge in [0.05, 0.1) is 19.8 Å². The summed E-state index contributed by atoms with van der Waals surface area (Å²) in [5, 5.41) is 11.5. The summed E-state index contributed by atoms with van der Waals surface area (Å²) in [7, 11) is 0. The maximum absolute atomic E-state index is 11.9. The second-order valence-corrected chi connectivity index (χ2v) is 8.36. The molecular formula is C13H23N4O2S2+. The number of amides is 1. The molecule has 1 aliphatic heterocycles. The lowest BCUT2D eigenvalue weighted by atomic mass is 9.96. The maximum Gasteiger partial charge on any atom is 0.231 e. The van der Waals surface area contributed by atoms with Crippen molar-refractivity contribution in [2.75, 3.05) is 43.9 Å². The van der Waals surface area contributed by atoms with Gasteiger partial charge in [-0.3, -0.25) is 4.79 Å². The zero-order valence-electron chi connectivity index (χ0n) is 12.8. The number of thioether (sulfide) groups is 1. The Morgan fingerprint density at radius 2 is 2.10 bits per heavy atom. The number of morpholine rings is 1. The number of aromatic nitrogens is 2. The molecule has 0 bridgehead atoms. The Labute approximate surface area is 133 Å². The molecule has 1 aromatic heterocycles. The van der Waals surface area contributed by atoms with E-state index in [9.17, 15) is 4.79 Å². The zero-order valence-corrected chi connectivity index (χ0v) is 14.4. The van der Waals surface area contributed by atoms with Crippen molar-refractivity contribution < 1.29 is 14.4 Å². The molecule has 1 fully saturated rings. The standard InChI is InChI=1S/C13H22N4O2S2/c1-13(2,3)10(18)14-11-15-16-12(21-11)20-9-6-17-4-7-19-8-5-17/h4-9H2,1-3H3,(H,14,15,18)/p+1. The predicted molar refractivity (Wildman–Crippen MR) is 85.1 cm³/mol. The minimum absolute atomic E-state index is 0.0343. The zero-order chi connectivity index (χ0) is 15.3. The quantitative estimate of drug-likeness (QED) is 0.608. The van der Waals surface area contributed by atoms with Gasteiger partial charge in [0.15, 0.2) is 4.34 Å². The van der Waals surface area contributed by atoms with E-state index >= 15 is 0 Å². The van der Waals surface area contributed by atoms with Gasteiger partial charge in [-0.05, 0) is 0 Å². The second kappa shape index (κ2) is 7.53. The monoisotopic (exact) mass is 331 g/mol. The van der Waals surface area contributed by atoms with Gasteiger partial charge in [0.25, 0.3) is 0 Å². The predicted octanol–water partition coefficient (Wildman–Crippen LogP) is 0.530. The van der Waals surface area contributed by atoms with Crippen LogP contribution in [0.3, 0.4) is 0 Å². The minimum Gasteiger partial charge on any atom is -0.370 e. The van der Waals surface area contributed by atoms with Crippen LogP contribution in [0.5, 0.6) is 0 Å². The van der Waals surface area contributed by atoms with E-state index in [2.05, 4.69) is 15.5 Å². The Balaban J connectivity index is 1.74. The highest BCUT2D eigenvalue weighted by Crippen LogP contribution is 2.26. The molecule has 0 spiro atoms. The summed E-state index contributed by atoms with van der Waals surface area (Å²) < 4.78 is 6.25. The number of hydrogen-bond donors (Lipinski definition) is 2. The summed E-state index contributed by atoms with van der Waals surface area (Å²) in [5.74, 6) is 0.977. The van der Waals surface area contributed by atoms with E-state index < -0.39 is 5.41 Å². The Bertz CT molecular complexity index is 467. The van der Waals surface area contributed by atoms with Crippen molar-refractivity contribution in [1.29, 1.82) is 0 Å². The fourth-order valence-corrected chi connectivity index (χ4v) is 3.65. The highest BCUT2D eigenvalue weighted by atomic mass is 32.2. The normalized spacial score (nSPS) is 16.9. The van der Waals surface area contributed by atoms with Gasteiger partial charge in [0.2, 0.25) is 11.0 Å². The van der Waals surface area contributed by atoms with Gasteiger partial charge in [-0.2, -0.15) is 0 Å². The van der Waals surface area contributed by atoms with Crippen molar-refractivity contribution in [2.45, 2.75) is 25.1 Å². The molecule has 21 heavy (non-hydrogen) atoms. The smallest absolute Gasteiger partial charge is 0.231 e. The van der Waals surface area contributed by atoms with Crippen LogP contribution in [0.2, 0.25) is 0 Å². The average Bonchev–Trinajstić information content (AvgIpc) is 2.86. The number of nitrogens with zero attached hydrogens (tertiary/aromatic N) is 2. The molecule has 0 aliphatic carbocycles. The number of ether oxygens (including phenoxy) is 1. The first-order valence-electron chi connectivity index (χ1n) is 7.14. The molecule has 0 saturated carbocycles. The summed E-state index contributed by atoms with van der Waals surface area (Å²) in [5.41, 5.74) is -0.418. The maximum atomic E-state index is 11.9.